The summed E-state index contributed by atoms with van der Waals surface area (Å²) in [5.74, 6) is 1.40. The highest BCUT2D eigenvalue weighted by Crippen LogP contribution is 2.26. The quantitative estimate of drug-likeness (QED) is 0.777. The summed E-state index contributed by atoms with van der Waals surface area (Å²) in [6.07, 6.45) is 6.07. The first kappa shape index (κ1) is 19.0. The first-order chi connectivity index (χ1) is 12.8. The number of carbonyl (C=O) groups is 1. The number of carbonyl (C=O) groups excluding carboxylic acids is 1. The van der Waals surface area contributed by atoms with Crippen molar-refractivity contribution in [2.45, 2.75) is 39.3 Å². The van der Waals surface area contributed by atoms with Gasteiger partial charge in [-0.15, -0.1) is 0 Å². The van der Waals surface area contributed by atoms with Crippen molar-refractivity contribution in [2.24, 2.45) is 0 Å². The smallest absolute Gasteiger partial charge is 0.246 e. The van der Waals surface area contributed by atoms with E-state index in [0.717, 1.165) is 23.3 Å². The zero-order chi connectivity index (χ0) is 19.6. The summed E-state index contributed by atoms with van der Waals surface area (Å²) in [7, 11) is 3.23. The van der Waals surface area contributed by atoms with Gasteiger partial charge in [-0.1, -0.05) is 0 Å². The van der Waals surface area contributed by atoms with Gasteiger partial charge in [0, 0.05) is 42.4 Å². The molecule has 0 saturated heterocycles. The normalized spacial score (nSPS) is 14.3. The molecule has 0 saturated carbocycles. The van der Waals surface area contributed by atoms with E-state index in [1.807, 2.05) is 29.3 Å². The number of rotatable bonds is 4. The van der Waals surface area contributed by atoms with Crippen LogP contribution < -0.4 is 9.47 Å². The summed E-state index contributed by atoms with van der Waals surface area (Å²) in [5.41, 5.74) is 3.10. The topological polar surface area (TPSA) is 56.6 Å². The van der Waals surface area contributed by atoms with E-state index in [9.17, 15) is 4.79 Å². The first-order valence-corrected chi connectivity index (χ1v) is 9.08. The molecule has 1 aliphatic heterocycles. The van der Waals surface area contributed by atoms with Crippen molar-refractivity contribution in [1.29, 1.82) is 0 Å². The summed E-state index contributed by atoms with van der Waals surface area (Å²) in [6, 6.07) is 5.51. The second-order valence-electron chi connectivity index (χ2n) is 7.65. The number of ether oxygens (including phenoxy) is 2. The van der Waals surface area contributed by atoms with Gasteiger partial charge in [0.25, 0.3) is 0 Å². The van der Waals surface area contributed by atoms with Gasteiger partial charge in [-0.2, -0.15) is 5.10 Å². The molecule has 0 N–H and O–H groups in total. The van der Waals surface area contributed by atoms with Gasteiger partial charge >= 0.3 is 0 Å². The minimum Gasteiger partial charge on any atom is -0.497 e. The Bertz CT molecular complexity index is 862. The SMILES string of the molecule is COc1ccc(OC)c(/C=C/C(=O)N2CCc3c(cnn3C(C)(C)C)C2)c1. The van der Waals surface area contributed by atoms with Crippen molar-refractivity contribution in [3.05, 3.63) is 47.3 Å². The van der Waals surface area contributed by atoms with Crippen LogP contribution in [0.25, 0.3) is 6.08 Å². The number of nitrogens with zero attached hydrogens (tertiary/aromatic N) is 3. The van der Waals surface area contributed by atoms with Crippen LogP contribution >= 0.6 is 0 Å². The summed E-state index contributed by atoms with van der Waals surface area (Å²) < 4.78 is 12.7. The minimum absolute atomic E-state index is 0.0194. The molecule has 0 fully saturated rings. The molecule has 2 heterocycles. The molecule has 1 aromatic heterocycles. The van der Waals surface area contributed by atoms with E-state index in [0.29, 0.717) is 18.8 Å². The number of aromatic nitrogens is 2. The lowest BCUT2D eigenvalue weighted by Crippen LogP contribution is -2.36. The van der Waals surface area contributed by atoms with Crippen LogP contribution in [-0.4, -0.2) is 41.4 Å². The third-order valence-corrected chi connectivity index (χ3v) is 4.72. The zero-order valence-electron chi connectivity index (χ0n) is 16.7. The number of benzene rings is 1. The Morgan fingerprint density at radius 1 is 1.22 bits per heavy atom. The summed E-state index contributed by atoms with van der Waals surface area (Å²) >= 11 is 0. The highest BCUT2D eigenvalue weighted by Gasteiger charge is 2.26. The van der Waals surface area contributed by atoms with E-state index < -0.39 is 0 Å². The first-order valence-electron chi connectivity index (χ1n) is 9.08. The maximum absolute atomic E-state index is 12.7. The van der Waals surface area contributed by atoms with Crippen molar-refractivity contribution >= 4 is 12.0 Å². The Balaban J connectivity index is 1.75. The van der Waals surface area contributed by atoms with E-state index >= 15 is 0 Å². The molecule has 0 spiro atoms. The molecule has 0 unspecified atom stereocenters. The molecule has 144 valence electrons. The Morgan fingerprint density at radius 2 is 2.00 bits per heavy atom. The van der Waals surface area contributed by atoms with E-state index in [2.05, 4.69) is 30.6 Å². The van der Waals surface area contributed by atoms with Crippen LogP contribution in [0.5, 0.6) is 11.5 Å². The van der Waals surface area contributed by atoms with E-state index in [4.69, 9.17) is 9.47 Å². The van der Waals surface area contributed by atoms with E-state index in [-0.39, 0.29) is 11.4 Å². The van der Waals surface area contributed by atoms with Crippen LogP contribution in [0.3, 0.4) is 0 Å². The Labute approximate surface area is 160 Å². The molecule has 3 rings (SSSR count). The molecule has 0 atom stereocenters. The molecule has 1 aromatic carbocycles. The van der Waals surface area contributed by atoms with Gasteiger partial charge in [-0.25, -0.2) is 0 Å². The fraction of sp³-hybridized carbons (Fsp3) is 0.429. The van der Waals surface area contributed by atoms with Crippen LogP contribution in [-0.2, 0) is 23.3 Å². The van der Waals surface area contributed by atoms with E-state index in [1.165, 1.54) is 5.69 Å². The van der Waals surface area contributed by atoms with Crippen LogP contribution in [0.15, 0.2) is 30.5 Å². The molecule has 6 nitrogen and oxygen atoms in total. The van der Waals surface area contributed by atoms with Gasteiger partial charge in [0.05, 0.1) is 26.0 Å². The molecule has 1 amide bonds. The zero-order valence-corrected chi connectivity index (χ0v) is 16.7. The molecule has 6 heteroatoms. The van der Waals surface area contributed by atoms with E-state index in [1.54, 1.807) is 26.4 Å². The Morgan fingerprint density at radius 3 is 2.67 bits per heavy atom. The van der Waals surface area contributed by atoms with Crippen molar-refractivity contribution in [1.82, 2.24) is 14.7 Å². The molecule has 27 heavy (non-hydrogen) atoms. The maximum Gasteiger partial charge on any atom is 0.246 e. The van der Waals surface area contributed by atoms with Crippen molar-refractivity contribution < 1.29 is 14.3 Å². The standard InChI is InChI=1S/C21H27N3O3/c1-21(2,3)24-18-10-11-23(14-16(18)13-22-24)20(25)9-6-15-12-17(26-4)7-8-19(15)27-5/h6-9,12-13H,10-11,14H2,1-5H3/b9-6+. The number of fused-ring (bicyclic) bond motifs is 1. The molecule has 1 aliphatic rings. The van der Waals surface area contributed by atoms with Gasteiger partial charge in [-0.05, 0) is 45.0 Å². The average molecular weight is 369 g/mol. The van der Waals surface area contributed by atoms with Crippen LogP contribution in [0, 0.1) is 0 Å². The van der Waals surface area contributed by atoms with Gasteiger partial charge in [0.2, 0.25) is 5.91 Å². The third kappa shape index (κ3) is 3.99. The number of methoxy groups -OCH3 is 2. The highest BCUT2D eigenvalue weighted by atomic mass is 16.5. The molecular formula is C21H27N3O3. The Hall–Kier alpha value is -2.76. The molecule has 0 bridgehead atoms. The Kier molecular flexibility index (Phi) is 5.26. The van der Waals surface area contributed by atoms with Gasteiger partial charge in [0.1, 0.15) is 11.5 Å². The van der Waals surface area contributed by atoms with Gasteiger partial charge in [0.15, 0.2) is 0 Å². The lowest BCUT2D eigenvalue weighted by atomic mass is 10.0. The van der Waals surface area contributed by atoms with Gasteiger partial charge in [-0.3, -0.25) is 9.48 Å². The lowest BCUT2D eigenvalue weighted by Gasteiger charge is -2.29. The second-order valence-corrected chi connectivity index (χ2v) is 7.65. The average Bonchev–Trinajstić information content (AvgIpc) is 3.09. The molecule has 0 radical (unpaired) electrons. The van der Waals surface area contributed by atoms with Gasteiger partial charge < -0.3 is 14.4 Å². The summed E-state index contributed by atoms with van der Waals surface area (Å²) in [4.78, 5) is 14.5. The fourth-order valence-corrected chi connectivity index (χ4v) is 3.33. The van der Waals surface area contributed by atoms with Crippen molar-refractivity contribution in [3.63, 3.8) is 0 Å². The summed E-state index contributed by atoms with van der Waals surface area (Å²) in [5, 5.41) is 4.53. The lowest BCUT2D eigenvalue weighted by molar-refractivity contribution is -0.126. The largest absolute Gasteiger partial charge is 0.497 e. The number of amides is 1. The predicted octanol–water partition coefficient (Wildman–Crippen LogP) is 3.25. The molecular weight excluding hydrogens is 342 g/mol. The van der Waals surface area contributed by atoms with Crippen LogP contribution in [0.1, 0.15) is 37.6 Å². The van der Waals surface area contributed by atoms with Crippen molar-refractivity contribution in [3.8, 4) is 11.5 Å². The highest BCUT2D eigenvalue weighted by molar-refractivity contribution is 5.92. The number of hydrogen-bond acceptors (Lipinski definition) is 4. The fourth-order valence-electron chi connectivity index (χ4n) is 3.33. The van der Waals surface area contributed by atoms with Crippen LogP contribution in [0.4, 0.5) is 0 Å². The second kappa shape index (κ2) is 7.47. The maximum atomic E-state index is 12.7. The van der Waals surface area contributed by atoms with Crippen molar-refractivity contribution in [2.75, 3.05) is 20.8 Å². The molecule has 2 aromatic rings. The summed E-state index contributed by atoms with van der Waals surface area (Å²) in [6.45, 7) is 7.70. The molecule has 0 aliphatic carbocycles. The number of hydrogen-bond donors (Lipinski definition) is 0. The monoisotopic (exact) mass is 369 g/mol. The minimum atomic E-state index is -0.0530. The third-order valence-electron chi connectivity index (χ3n) is 4.72. The predicted molar refractivity (Wildman–Crippen MR) is 105 cm³/mol. The van der Waals surface area contributed by atoms with Crippen LogP contribution in [0.2, 0.25) is 0 Å².